The summed E-state index contributed by atoms with van der Waals surface area (Å²) in [6, 6.07) is 11.5. The van der Waals surface area contributed by atoms with Gasteiger partial charge in [-0.05, 0) is 30.9 Å². The number of piperidine rings is 1. The number of aromatic nitrogens is 5. The van der Waals surface area contributed by atoms with E-state index >= 15 is 0 Å². The minimum Gasteiger partial charge on any atom is -0.384 e. The SMILES string of the molecule is Cn1nc(CC2CCN(c3cc(N)ncn3)CC2)n(-c2ccccc2)c1=O. The Balaban J connectivity index is 1.49. The van der Waals surface area contributed by atoms with Crippen LogP contribution in [-0.2, 0) is 13.5 Å². The molecule has 0 spiro atoms. The van der Waals surface area contributed by atoms with E-state index in [9.17, 15) is 4.79 Å². The van der Waals surface area contributed by atoms with E-state index in [1.807, 2.05) is 36.4 Å². The zero-order chi connectivity index (χ0) is 18.8. The maximum atomic E-state index is 12.5. The smallest absolute Gasteiger partial charge is 0.350 e. The number of nitrogens with zero attached hydrogens (tertiary/aromatic N) is 6. The predicted molar refractivity (Wildman–Crippen MR) is 104 cm³/mol. The van der Waals surface area contributed by atoms with E-state index in [0.717, 1.165) is 49.7 Å². The van der Waals surface area contributed by atoms with Crippen molar-refractivity contribution in [2.24, 2.45) is 13.0 Å². The lowest BCUT2D eigenvalue weighted by Gasteiger charge is -2.32. The van der Waals surface area contributed by atoms with Gasteiger partial charge in [0.15, 0.2) is 0 Å². The standard InChI is InChI=1S/C19H23N7O/c1-24-19(27)26(15-5-3-2-4-6-15)18(23-24)11-14-7-9-25(10-8-14)17-12-16(20)21-13-22-17/h2-6,12-14H,7-11H2,1H3,(H2,20,21,22). The first-order valence-corrected chi connectivity index (χ1v) is 9.14. The molecule has 3 heterocycles. The predicted octanol–water partition coefficient (Wildman–Crippen LogP) is 1.40. The van der Waals surface area contributed by atoms with Crippen LogP contribution in [0.1, 0.15) is 18.7 Å². The monoisotopic (exact) mass is 365 g/mol. The molecule has 1 aliphatic heterocycles. The summed E-state index contributed by atoms with van der Waals surface area (Å²) in [5.74, 6) is 2.66. The van der Waals surface area contributed by atoms with Crippen LogP contribution in [0.5, 0.6) is 0 Å². The molecule has 8 nitrogen and oxygen atoms in total. The van der Waals surface area contributed by atoms with Gasteiger partial charge in [0.1, 0.15) is 23.8 Å². The second kappa shape index (κ2) is 7.22. The quantitative estimate of drug-likeness (QED) is 0.751. The highest BCUT2D eigenvalue weighted by Crippen LogP contribution is 2.25. The van der Waals surface area contributed by atoms with Gasteiger partial charge in [-0.2, -0.15) is 5.10 Å². The molecule has 0 amide bonds. The van der Waals surface area contributed by atoms with Crippen molar-refractivity contribution in [1.29, 1.82) is 0 Å². The molecule has 1 aromatic carbocycles. The van der Waals surface area contributed by atoms with E-state index in [-0.39, 0.29) is 5.69 Å². The van der Waals surface area contributed by atoms with Crippen molar-refractivity contribution in [1.82, 2.24) is 24.3 Å². The zero-order valence-corrected chi connectivity index (χ0v) is 15.3. The van der Waals surface area contributed by atoms with Crippen molar-refractivity contribution >= 4 is 11.6 Å². The summed E-state index contributed by atoms with van der Waals surface area (Å²) >= 11 is 0. The largest absolute Gasteiger partial charge is 0.384 e. The van der Waals surface area contributed by atoms with Gasteiger partial charge in [0, 0.05) is 32.6 Å². The summed E-state index contributed by atoms with van der Waals surface area (Å²) in [5.41, 5.74) is 6.52. The summed E-state index contributed by atoms with van der Waals surface area (Å²) < 4.78 is 3.14. The minimum absolute atomic E-state index is 0.106. The third kappa shape index (κ3) is 3.55. The van der Waals surface area contributed by atoms with E-state index in [1.165, 1.54) is 11.0 Å². The van der Waals surface area contributed by atoms with Crippen LogP contribution in [0.3, 0.4) is 0 Å². The summed E-state index contributed by atoms with van der Waals surface area (Å²) in [6.07, 6.45) is 4.32. The number of nitrogen functional groups attached to an aromatic ring is 1. The summed E-state index contributed by atoms with van der Waals surface area (Å²) in [6.45, 7) is 1.81. The number of rotatable bonds is 4. The molecular formula is C19H23N7O. The maximum absolute atomic E-state index is 12.5. The molecule has 4 rings (SSSR count). The van der Waals surface area contributed by atoms with E-state index in [0.29, 0.717) is 11.7 Å². The molecular weight excluding hydrogens is 342 g/mol. The number of aryl methyl sites for hydroxylation is 1. The Bertz CT molecular complexity index is 971. The molecule has 0 atom stereocenters. The highest BCUT2D eigenvalue weighted by Gasteiger charge is 2.23. The van der Waals surface area contributed by atoms with Gasteiger partial charge in [0.2, 0.25) is 0 Å². The summed E-state index contributed by atoms with van der Waals surface area (Å²) in [4.78, 5) is 23.0. The van der Waals surface area contributed by atoms with Crippen LogP contribution in [0.2, 0.25) is 0 Å². The molecule has 0 aliphatic carbocycles. The van der Waals surface area contributed by atoms with Gasteiger partial charge in [-0.3, -0.25) is 0 Å². The van der Waals surface area contributed by atoms with Gasteiger partial charge in [-0.15, -0.1) is 0 Å². The Hall–Kier alpha value is -3.16. The molecule has 2 N–H and O–H groups in total. The fourth-order valence-corrected chi connectivity index (χ4v) is 3.64. The Labute approximate surface area is 157 Å². The van der Waals surface area contributed by atoms with Crippen LogP contribution < -0.4 is 16.3 Å². The molecule has 0 saturated carbocycles. The first kappa shape index (κ1) is 17.3. The molecule has 1 aliphatic rings. The molecule has 0 radical (unpaired) electrons. The van der Waals surface area contributed by atoms with E-state index in [4.69, 9.17) is 5.73 Å². The molecule has 8 heteroatoms. The fraction of sp³-hybridized carbons (Fsp3) is 0.368. The second-order valence-electron chi connectivity index (χ2n) is 6.93. The van der Waals surface area contributed by atoms with E-state index < -0.39 is 0 Å². The molecule has 0 unspecified atom stereocenters. The van der Waals surface area contributed by atoms with Crippen LogP contribution in [0, 0.1) is 5.92 Å². The lowest BCUT2D eigenvalue weighted by Crippen LogP contribution is -2.35. The van der Waals surface area contributed by atoms with Crippen molar-refractivity contribution in [3.05, 3.63) is 59.0 Å². The Morgan fingerprint density at radius 2 is 1.89 bits per heavy atom. The zero-order valence-electron chi connectivity index (χ0n) is 15.3. The summed E-state index contributed by atoms with van der Waals surface area (Å²) in [7, 11) is 1.70. The van der Waals surface area contributed by atoms with Gasteiger partial charge < -0.3 is 10.6 Å². The molecule has 140 valence electrons. The van der Waals surface area contributed by atoms with Crippen molar-refractivity contribution in [2.75, 3.05) is 23.7 Å². The average Bonchev–Trinajstić information content (AvgIpc) is 2.96. The first-order valence-electron chi connectivity index (χ1n) is 9.14. The van der Waals surface area contributed by atoms with Crippen molar-refractivity contribution in [3.8, 4) is 5.69 Å². The number of para-hydroxylation sites is 1. The topological polar surface area (TPSA) is 94.9 Å². The lowest BCUT2D eigenvalue weighted by molar-refractivity contribution is 0.393. The van der Waals surface area contributed by atoms with Gasteiger partial charge in [0.05, 0.1) is 5.69 Å². The highest BCUT2D eigenvalue weighted by atomic mass is 16.2. The molecule has 2 aromatic heterocycles. The number of anilines is 2. The van der Waals surface area contributed by atoms with Crippen molar-refractivity contribution < 1.29 is 0 Å². The van der Waals surface area contributed by atoms with Crippen LogP contribution >= 0.6 is 0 Å². The Kier molecular flexibility index (Phi) is 4.62. The average molecular weight is 365 g/mol. The highest BCUT2D eigenvalue weighted by molar-refractivity contribution is 5.46. The van der Waals surface area contributed by atoms with Gasteiger partial charge in [-0.25, -0.2) is 24.0 Å². The maximum Gasteiger partial charge on any atom is 0.350 e. The Morgan fingerprint density at radius 3 is 2.59 bits per heavy atom. The first-order chi connectivity index (χ1) is 13.1. The van der Waals surface area contributed by atoms with E-state index in [2.05, 4.69) is 20.0 Å². The minimum atomic E-state index is -0.106. The van der Waals surface area contributed by atoms with Crippen molar-refractivity contribution in [3.63, 3.8) is 0 Å². The van der Waals surface area contributed by atoms with Gasteiger partial charge >= 0.3 is 5.69 Å². The number of hydrogen-bond donors (Lipinski definition) is 1. The van der Waals surface area contributed by atoms with Crippen LogP contribution in [0.15, 0.2) is 47.5 Å². The number of hydrogen-bond acceptors (Lipinski definition) is 6. The van der Waals surface area contributed by atoms with Crippen molar-refractivity contribution in [2.45, 2.75) is 19.3 Å². The third-order valence-electron chi connectivity index (χ3n) is 5.09. The van der Waals surface area contributed by atoms with Crippen LogP contribution in [0.25, 0.3) is 5.69 Å². The van der Waals surface area contributed by atoms with Crippen LogP contribution in [-0.4, -0.2) is 37.4 Å². The molecule has 27 heavy (non-hydrogen) atoms. The molecule has 1 fully saturated rings. The number of nitrogens with two attached hydrogens (primary N) is 1. The molecule has 3 aromatic rings. The summed E-state index contributed by atoms with van der Waals surface area (Å²) in [5, 5.41) is 4.49. The van der Waals surface area contributed by atoms with Crippen LogP contribution in [0.4, 0.5) is 11.6 Å². The fourth-order valence-electron chi connectivity index (χ4n) is 3.64. The normalized spacial score (nSPS) is 15.2. The lowest BCUT2D eigenvalue weighted by atomic mass is 9.93. The third-order valence-corrected chi connectivity index (χ3v) is 5.09. The molecule has 0 bridgehead atoms. The number of benzene rings is 1. The second-order valence-corrected chi connectivity index (χ2v) is 6.93. The Morgan fingerprint density at radius 1 is 1.15 bits per heavy atom. The van der Waals surface area contributed by atoms with E-state index in [1.54, 1.807) is 11.6 Å². The van der Waals surface area contributed by atoms with Gasteiger partial charge in [0.25, 0.3) is 0 Å². The molecule has 1 saturated heterocycles. The van der Waals surface area contributed by atoms with Gasteiger partial charge in [-0.1, -0.05) is 18.2 Å².